The highest BCUT2D eigenvalue weighted by Gasteiger charge is 2.30. The first-order valence-corrected chi connectivity index (χ1v) is 26.0. The fourth-order valence-corrected chi connectivity index (χ4v) is 12.7. The lowest BCUT2D eigenvalue weighted by molar-refractivity contribution is 1.30. The van der Waals surface area contributed by atoms with Gasteiger partial charge in [0.15, 0.2) is 0 Å². The van der Waals surface area contributed by atoms with Gasteiger partial charge in [0, 0.05) is 65.6 Å². The van der Waals surface area contributed by atoms with E-state index in [0.717, 1.165) is 76.2 Å². The van der Waals surface area contributed by atoms with Crippen molar-refractivity contribution >= 4 is 132 Å². The highest BCUT2D eigenvalue weighted by Crippen LogP contribution is 2.54. The van der Waals surface area contributed by atoms with E-state index in [9.17, 15) is 8.22 Å². The van der Waals surface area contributed by atoms with E-state index in [0.29, 0.717) is 56.4 Å². The molecule has 0 N–H and O–H groups in total. The quantitative estimate of drug-likeness (QED) is 0.151. The molecule has 0 unspecified atom stereocenters. The fraction of sp³-hybridized carbons (Fsp3) is 0. The lowest BCUT2D eigenvalue weighted by Crippen LogP contribution is -2.12. The third kappa shape index (κ3) is 6.00. The molecule has 0 amide bonds. The molecule has 17 rings (SSSR count). The van der Waals surface area contributed by atoms with Crippen LogP contribution in [-0.2, 0) is 0 Å². The number of hydrogen-bond acceptors (Lipinski definition) is 2. The molecule has 0 radical (unpaired) electrons. The summed E-state index contributed by atoms with van der Waals surface area (Å²) in [4.78, 5) is 3.98. The molecule has 4 nitrogen and oxygen atoms in total. The summed E-state index contributed by atoms with van der Waals surface area (Å²) in [7, 11) is 0. The van der Waals surface area contributed by atoms with Gasteiger partial charge in [-0.2, -0.15) is 0 Å². The first kappa shape index (κ1) is 32.8. The molecule has 0 spiro atoms. The third-order valence-corrected chi connectivity index (χ3v) is 15.8. The zero-order chi connectivity index (χ0) is 61.4. The third-order valence-electron chi connectivity index (χ3n) is 15.8. The molecule has 0 atom stereocenters. The zero-order valence-electron chi connectivity index (χ0n) is 53.4. The second-order valence-corrected chi connectivity index (χ2v) is 19.8. The minimum Gasteiger partial charge on any atom is -0.309 e. The van der Waals surface area contributed by atoms with Gasteiger partial charge in [-0.15, -0.1) is 0 Å². The second-order valence-electron chi connectivity index (χ2n) is 19.8. The van der Waals surface area contributed by atoms with Gasteiger partial charge in [-0.05, 0) is 105 Å². The number of rotatable bonds is 8. The lowest BCUT2D eigenvalue weighted by Gasteiger charge is -2.29. The van der Waals surface area contributed by atoms with Crippen molar-refractivity contribution < 1.29 is 16.4 Å². The van der Waals surface area contributed by atoms with Gasteiger partial charge in [0.25, 0.3) is 0 Å². The van der Waals surface area contributed by atoms with Crippen molar-refractivity contribution in [2.45, 2.75) is 0 Å². The Balaban J connectivity index is 0.966. The molecule has 4 heteroatoms. The normalized spacial score (nSPS) is 14.3. The Labute approximate surface area is 466 Å². The standard InChI is InChI=1S/C74H46N4/c1-5-23-49(24-6-1)69-53-31-15-13-21-47(53)37-41-63(69)75(51-27-9-3-10-28-51)65-43-39-55-59-45-68-60(46-67(59)77-61-35-19-17-33-57(61)71(65)73(55)77)56-40-44-66(72-58-34-18-20-36-62(58)78(68)74(56)72)76(52-29-11-4-12-30-52)64-42-38-48-22-14-16-32-54(48)70(64)50-25-7-2-8-26-50/h1-46H/i13D,14D,15D,16D,21D,22D,31D,32D,37D,38D,41D,42D. The predicted molar refractivity (Wildman–Crippen MR) is 331 cm³/mol. The smallest absolute Gasteiger partial charge is 0.0645 e. The molecular weight excluding hydrogens is 945 g/mol. The van der Waals surface area contributed by atoms with Crippen LogP contribution in [0, 0.1) is 0 Å². The number of benzene rings is 13. The molecule has 78 heavy (non-hydrogen) atoms. The summed E-state index contributed by atoms with van der Waals surface area (Å²) >= 11 is 0. The Kier molecular flexibility index (Phi) is 6.95. The van der Waals surface area contributed by atoms with Crippen molar-refractivity contribution in [2.75, 3.05) is 9.80 Å². The Morgan fingerprint density at radius 3 is 1.10 bits per heavy atom. The van der Waals surface area contributed by atoms with Crippen molar-refractivity contribution in [3.05, 3.63) is 279 Å². The molecule has 0 saturated heterocycles. The van der Waals surface area contributed by atoms with E-state index in [1.54, 1.807) is 0 Å². The summed E-state index contributed by atoms with van der Waals surface area (Å²) < 4.78 is 116. The summed E-state index contributed by atoms with van der Waals surface area (Å²) in [6.07, 6.45) is 0. The van der Waals surface area contributed by atoms with Crippen LogP contribution in [0.3, 0.4) is 0 Å². The van der Waals surface area contributed by atoms with Crippen molar-refractivity contribution in [1.82, 2.24) is 8.80 Å². The van der Waals surface area contributed by atoms with Crippen molar-refractivity contribution in [2.24, 2.45) is 0 Å². The van der Waals surface area contributed by atoms with Gasteiger partial charge < -0.3 is 18.6 Å². The number of para-hydroxylation sites is 4. The monoisotopic (exact) mass is 1000 g/mol. The van der Waals surface area contributed by atoms with Crippen LogP contribution in [0.15, 0.2) is 279 Å². The molecule has 4 aromatic heterocycles. The molecule has 0 aliphatic carbocycles. The minimum absolute atomic E-state index is 0.0215. The van der Waals surface area contributed by atoms with Crippen LogP contribution in [-0.4, -0.2) is 8.80 Å². The maximum absolute atomic E-state index is 10.1. The summed E-state index contributed by atoms with van der Waals surface area (Å²) in [6.45, 7) is 0. The van der Waals surface area contributed by atoms with Crippen LogP contribution >= 0.6 is 0 Å². The highest BCUT2D eigenvalue weighted by molar-refractivity contribution is 6.32. The average molecular weight is 1000 g/mol. The van der Waals surface area contributed by atoms with Gasteiger partial charge in [0.2, 0.25) is 0 Å². The number of nitrogens with zero attached hydrogens (tertiary/aromatic N) is 4. The number of anilines is 6. The summed E-state index contributed by atoms with van der Waals surface area (Å²) in [5, 5.41) is 7.81. The van der Waals surface area contributed by atoms with Gasteiger partial charge in [0.05, 0.1) is 72.3 Å². The summed E-state index contributed by atoms with van der Waals surface area (Å²) in [6, 6.07) is 63.4. The topological polar surface area (TPSA) is 15.3 Å². The molecule has 13 aromatic carbocycles. The average Bonchev–Trinajstić information content (AvgIpc) is 1.47. The van der Waals surface area contributed by atoms with Gasteiger partial charge in [-0.3, -0.25) is 0 Å². The Bertz CT molecular complexity index is 5570. The molecule has 0 fully saturated rings. The maximum Gasteiger partial charge on any atom is 0.0645 e. The van der Waals surface area contributed by atoms with Crippen LogP contribution in [0.4, 0.5) is 34.1 Å². The van der Waals surface area contributed by atoms with Crippen LogP contribution in [0.25, 0.3) is 120 Å². The molecule has 362 valence electrons. The van der Waals surface area contributed by atoms with E-state index >= 15 is 0 Å². The van der Waals surface area contributed by atoms with E-state index < -0.39 is 24.2 Å². The minimum atomic E-state index is -0.468. The van der Waals surface area contributed by atoms with Crippen molar-refractivity contribution in [1.29, 1.82) is 0 Å². The Morgan fingerprint density at radius 2 is 0.667 bits per heavy atom. The van der Waals surface area contributed by atoms with E-state index in [1.165, 1.54) is 0 Å². The van der Waals surface area contributed by atoms with Gasteiger partial charge >= 0.3 is 0 Å². The lowest BCUT2D eigenvalue weighted by atomic mass is 9.94. The Hall–Kier alpha value is -10.4. The summed E-state index contributed by atoms with van der Waals surface area (Å²) in [5.41, 5.74) is 11.1. The number of hydrogen-bond donors (Lipinski definition) is 0. The second kappa shape index (κ2) is 16.5. The number of fused-ring (bicyclic) bond motifs is 14. The van der Waals surface area contributed by atoms with Crippen LogP contribution < -0.4 is 9.80 Å². The summed E-state index contributed by atoms with van der Waals surface area (Å²) in [5.74, 6) is 0. The largest absolute Gasteiger partial charge is 0.309 e. The van der Waals surface area contributed by atoms with Gasteiger partial charge in [-0.25, -0.2) is 0 Å². The Morgan fingerprint density at radius 1 is 0.282 bits per heavy atom. The number of aromatic nitrogens is 2. The molecule has 17 aromatic rings. The zero-order valence-corrected chi connectivity index (χ0v) is 41.4. The van der Waals surface area contributed by atoms with E-state index in [-0.39, 0.29) is 69.9 Å². The molecule has 0 saturated carbocycles. The van der Waals surface area contributed by atoms with E-state index in [2.05, 4.69) is 69.5 Å². The molecule has 4 heterocycles. The SMILES string of the molecule is [2H]c1c([2H])c([2H])c2c(-c3ccccc3)c(N(c3ccccc3)c3ccc4c5cc6c(cc5n5c7ccccc7c3c45)c3ccc(N(c4ccccc4)c4c([2H])c([2H])c5c([2H])c([2H])c([2H])c([2H])c5c4-c4ccccc4)c4c5ccccc5n6c34)c([2H])c([2H])c2c1[2H]. The van der Waals surface area contributed by atoms with Crippen LogP contribution in [0.1, 0.15) is 16.4 Å². The van der Waals surface area contributed by atoms with E-state index in [1.807, 2.05) is 155 Å². The maximum atomic E-state index is 10.1. The van der Waals surface area contributed by atoms with Gasteiger partial charge in [0.1, 0.15) is 0 Å². The van der Waals surface area contributed by atoms with Crippen LogP contribution in [0.2, 0.25) is 0 Å². The predicted octanol–water partition coefficient (Wildman–Crippen LogP) is 20.6. The first-order chi connectivity index (χ1) is 43.8. The van der Waals surface area contributed by atoms with Gasteiger partial charge in [-0.1, -0.05) is 206 Å². The molecule has 0 aliphatic heterocycles. The first-order valence-electron chi connectivity index (χ1n) is 32.0. The van der Waals surface area contributed by atoms with E-state index in [4.69, 9.17) is 8.22 Å². The van der Waals surface area contributed by atoms with Crippen LogP contribution in [0.5, 0.6) is 0 Å². The fourth-order valence-electron chi connectivity index (χ4n) is 12.7. The highest BCUT2D eigenvalue weighted by atomic mass is 15.2. The van der Waals surface area contributed by atoms with Crippen molar-refractivity contribution in [3.63, 3.8) is 0 Å². The molecule has 0 aliphatic rings. The molecular formula is C74H46N4. The van der Waals surface area contributed by atoms with Crippen molar-refractivity contribution in [3.8, 4) is 22.3 Å². The molecule has 0 bridgehead atoms.